The predicted molar refractivity (Wildman–Crippen MR) is 56.3 cm³/mol. The van der Waals surface area contributed by atoms with Crippen molar-refractivity contribution in [3.05, 3.63) is 0 Å². The van der Waals surface area contributed by atoms with Crippen molar-refractivity contribution in [3.8, 4) is 0 Å². The van der Waals surface area contributed by atoms with Crippen molar-refractivity contribution < 1.29 is 9.53 Å². The lowest BCUT2D eigenvalue weighted by Gasteiger charge is -2.18. The average Bonchev–Trinajstić information content (AvgIpc) is 2.43. The molecule has 14 heavy (non-hydrogen) atoms. The highest BCUT2D eigenvalue weighted by atomic mass is 16.5. The zero-order valence-corrected chi connectivity index (χ0v) is 9.46. The van der Waals surface area contributed by atoms with E-state index in [0.717, 1.165) is 12.8 Å². The van der Waals surface area contributed by atoms with Gasteiger partial charge >= 0.3 is 0 Å². The Kier molecular flexibility index (Phi) is 3.29. The second-order valence-corrected chi connectivity index (χ2v) is 4.24. The Bertz CT molecular complexity index is 260. The van der Waals surface area contributed by atoms with Crippen LogP contribution in [0.25, 0.3) is 0 Å². The highest BCUT2D eigenvalue weighted by Crippen LogP contribution is 2.33. The number of rotatable bonds is 3. The molecule has 0 aromatic rings. The minimum Gasteiger partial charge on any atom is -0.478 e. The average molecular weight is 197 g/mol. The number of hydrogen-bond acceptors (Lipinski definition) is 2. The van der Waals surface area contributed by atoms with Crippen LogP contribution in [-0.2, 0) is 9.53 Å². The molecule has 1 heterocycles. The van der Waals surface area contributed by atoms with Crippen molar-refractivity contribution in [2.75, 3.05) is 0 Å². The maximum absolute atomic E-state index is 11.5. The van der Waals surface area contributed by atoms with Gasteiger partial charge in [0.15, 0.2) is 5.90 Å². The van der Waals surface area contributed by atoms with E-state index in [-0.39, 0.29) is 17.4 Å². The fourth-order valence-corrected chi connectivity index (χ4v) is 1.36. The normalized spacial score (nSPS) is 28.9. The highest BCUT2D eigenvalue weighted by Gasteiger charge is 2.39. The summed E-state index contributed by atoms with van der Waals surface area (Å²) in [4.78, 5) is 15.5. The molecule has 80 valence electrons. The summed E-state index contributed by atoms with van der Waals surface area (Å²) in [6, 6.07) is 0. The lowest BCUT2D eigenvalue weighted by atomic mass is 9.85. The monoisotopic (exact) mass is 197 g/mol. The molecule has 0 spiro atoms. The third kappa shape index (κ3) is 2.14. The van der Waals surface area contributed by atoms with Gasteiger partial charge in [-0.25, -0.2) is 0 Å². The number of hydrogen-bond donors (Lipinski definition) is 0. The summed E-state index contributed by atoms with van der Waals surface area (Å²) in [7, 11) is 0. The Hall–Kier alpha value is -0.860. The first-order chi connectivity index (χ1) is 6.51. The van der Waals surface area contributed by atoms with Gasteiger partial charge in [0.25, 0.3) is 5.91 Å². The summed E-state index contributed by atoms with van der Waals surface area (Å²) in [6.45, 7) is 8.01. The molecule has 1 rings (SSSR count). The maximum atomic E-state index is 11.5. The molecule has 1 aliphatic rings. The first-order valence-electron chi connectivity index (χ1n) is 5.30. The molecule has 3 nitrogen and oxygen atoms in total. The molecule has 0 aliphatic carbocycles. The zero-order chi connectivity index (χ0) is 10.8. The van der Waals surface area contributed by atoms with Crippen LogP contribution in [0.3, 0.4) is 0 Å². The second kappa shape index (κ2) is 4.11. The van der Waals surface area contributed by atoms with Crippen molar-refractivity contribution in [1.29, 1.82) is 0 Å². The molecular weight excluding hydrogens is 178 g/mol. The third-order valence-electron chi connectivity index (χ3n) is 2.98. The number of aliphatic imine (C=N–C) groups is 1. The van der Waals surface area contributed by atoms with Gasteiger partial charge in [-0.1, -0.05) is 20.8 Å². The summed E-state index contributed by atoms with van der Waals surface area (Å²) < 4.78 is 5.56. The molecule has 0 aromatic heterocycles. The number of carbonyl (C=O) groups excluding carboxylic acids is 1. The minimum absolute atomic E-state index is 0.0293. The highest BCUT2D eigenvalue weighted by molar-refractivity contribution is 6.02. The minimum atomic E-state index is -0.317. The molecule has 0 saturated carbocycles. The molecule has 1 aliphatic heterocycles. The fourth-order valence-electron chi connectivity index (χ4n) is 1.36. The predicted octanol–water partition coefficient (Wildman–Crippen LogP) is 2.55. The van der Waals surface area contributed by atoms with E-state index in [1.165, 1.54) is 0 Å². The van der Waals surface area contributed by atoms with Crippen LogP contribution in [0.4, 0.5) is 0 Å². The molecule has 0 radical (unpaired) electrons. The topological polar surface area (TPSA) is 38.7 Å². The van der Waals surface area contributed by atoms with Crippen molar-refractivity contribution in [2.45, 2.75) is 53.1 Å². The van der Waals surface area contributed by atoms with Gasteiger partial charge < -0.3 is 4.74 Å². The van der Waals surface area contributed by atoms with Crippen molar-refractivity contribution in [3.63, 3.8) is 0 Å². The molecule has 1 amide bonds. The lowest BCUT2D eigenvalue weighted by molar-refractivity contribution is -0.125. The van der Waals surface area contributed by atoms with Gasteiger partial charge in [-0.05, 0) is 19.8 Å². The van der Waals surface area contributed by atoms with Crippen LogP contribution in [0.15, 0.2) is 4.99 Å². The quantitative estimate of drug-likeness (QED) is 0.697. The van der Waals surface area contributed by atoms with Gasteiger partial charge in [0.05, 0.1) is 11.5 Å². The SMILES string of the molecule is CCC(C)OC1=NC(=O)C(C)(CC)C1. The van der Waals surface area contributed by atoms with Crippen LogP contribution in [0, 0.1) is 5.41 Å². The number of nitrogens with zero attached hydrogens (tertiary/aromatic N) is 1. The molecule has 0 fully saturated rings. The zero-order valence-electron chi connectivity index (χ0n) is 9.46. The van der Waals surface area contributed by atoms with Crippen LogP contribution < -0.4 is 0 Å². The summed E-state index contributed by atoms with van der Waals surface area (Å²) in [6.07, 6.45) is 2.58. The van der Waals surface area contributed by atoms with Crippen LogP contribution in [-0.4, -0.2) is 17.9 Å². The summed E-state index contributed by atoms with van der Waals surface area (Å²) in [5.41, 5.74) is -0.317. The molecule has 0 N–H and O–H groups in total. The molecule has 0 bridgehead atoms. The third-order valence-corrected chi connectivity index (χ3v) is 2.98. The summed E-state index contributed by atoms with van der Waals surface area (Å²) in [5, 5.41) is 0. The Labute approximate surface area is 85.6 Å². The van der Waals surface area contributed by atoms with E-state index in [1.54, 1.807) is 0 Å². The van der Waals surface area contributed by atoms with E-state index >= 15 is 0 Å². The van der Waals surface area contributed by atoms with Gasteiger partial charge in [-0.3, -0.25) is 4.79 Å². The van der Waals surface area contributed by atoms with Gasteiger partial charge in [0.2, 0.25) is 0 Å². The van der Waals surface area contributed by atoms with Gasteiger partial charge in [0, 0.05) is 6.42 Å². The fraction of sp³-hybridized carbons (Fsp3) is 0.818. The van der Waals surface area contributed by atoms with Crippen LogP contribution >= 0.6 is 0 Å². The van der Waals surface area contributed by atoms with Gasteiger partial charge in [-0.15, -0.1) is 0 Å². The van der Waals surface area contributed by atoms with E-state index in [2.05, 4.69) is 11.9 Å². The summed E-state index contributed by atoms with van der Waals surface area (Å²) in [5.74, 6) is 0.590. The largest absolute Gasteiger partial charge is 0.478 e. The summed E-state index contributed by atoms with van der Waals surface area (Å²) >= 11 is 0. The number of ether oxygens (including phenoxy) is 1. The van der Waals surface area contributed by atoms with Crippen LogP contribution in [0.2, 0.25) is 0 Å². The van der Waals surface area contributed by atoms with E-state index in [1.807, 2.05) is 20.8 Å². The van der Waals surface area contributed by atoms with Gasteiger partial charge in [0.1, 0.15) is 0 Å². The molecule has 0 saturated heterocycles. The molecule has 2 atom stereocenters. The standard InChI is InChI=1S/C11H19NO2/c1-5-8(3)14-9-7-11(4,6-2)10(13)12-9/h8H,5-7H2,1-4H3. The molecular formula is C11H19NO2. The van der Waals surface area contributed by atoms with E-state index in [9.17, 15) is 4.79 Å². The molecule has 2 unspecified atom stereocenters. The smallest absolute Gasteiger partial charge is 0.255 e. The lowest BCUT2D eigenvalue weighted by Crippen LogP contribution is -2.22. The van der Waals surface area contributed by atoms with E-state index in [0.29, 0.717) is 12.3 Å². The van der Waals surface area contributed by atoms with Crippen molar-refractivity contribution in [1.82, 2.24) is 0 Å². The molecule has 3 heteroatoms. The second-order valence-electron chi connectivity index (χ2n) is 4.24. The molecule has 0 aromatic carbocycles. The Morgan fingerprint density at radius 1 is 1.57 bits per heavy atom. The van der Waals surface area contributed by atoms with Crippen LogP contribution in [0.1, 0.15) is 47.0 Å². The first kappa shape index (κ1) is 11.2. The maximum Gasteiger partial charge on any atom is 0.255 e. The van der Waals surface area contributed by atoms with Crippen molar-refractivity contribution in [2.24, 2.45) is 10.4 Å². The van der Waals surface area contributed by atoms with Gasteiger partial charge in [-0.2, -0.15) is 4.99 Å². The van der Waals surface area contributed by atoms with Crippen LogP contribution in [0.5, 0.6) is 0 Å². The van der Waals surface area contributed by atoms with E-state index in [4.69, 9.17) is 4.74 Å². The Morgan fingerprint density at radius 3 is 2.64 bits per heavy atom. The first-order valence-corrected chi connectivity index (χ1v) is 5.30. The van der Waals surface area contributed by atoms with E-state index < -0.39 is 0 Å². The number of amides is 1. The number of carbonyl (C=O) groups is 1. The Morgan fingerprint density at radius 2 is 2.21 bits per heavy atom. The van der Waals surface area contributed by atoms with Crippen molar-refractivity contribution >= 4 is 11.8 Å². The Balaban J connectivity index is 2.61.